The lowest BCUT2D eigenvalue weighted by Crippen LogP contribution is -2.64. The van der Waals surface area contributed by atoms with E-state index >= 15 is 0 Å². The van der Waals surface area contributed by atoms with Gasteiger partial charge in [-0.05, 0) is 147 Å². The first-order valence-electron chi connectivity index (χ1n) is 33.0. The number of rotatable bonds is 33. The number of carboxylic acid groups (broad SMARTS) is 1. The second-order valence-electron chi connectivity index (χ2n) is 27.4. The number of hydrogen-bond acceptors (Lipinski definition) is 20. The molecule has 29 heteroatoms. The predicted molar refractivity (Wildman–Crippen MR) is 365 cm³/mol. The number of benzene rings is 2. The predicted octanol–water partition coefficient (Wildman–Crippen LogP) is 7.67. The summed E-state index contributed by atoms with van der Waals surface area (Å²) in [5, 5.41) is 49.1. The van der Waals surface area contributed by atoms with E-state index in [0.717, 1.165) is 64.9 Å². The van der Waals surface area contributed by atoms with E-state index in [2.05, 4.69) is 60.6 Å². The van der Waals surface area contributed by atoms with Crippen LogP contribution in [0.2, 0.25) is 0 Å². The second kappa shape index (κ2) is 30.5. The lowest BCUT2D eigenvalue weighted by Gasteiger charge is -2.69. The van der Waals surface area contributed by atoms with Gasteiger partial charge in [0.1, 0.15) is 24.5 Å². The number of urea groups is 1. The topological polar surface area (TPSA) is 370 Å². The average Bonchev–Trinajstić information content (AvgIpc) is 0.734. The number of thiazole rings is 1. The fourth-order valence-electron chi connectivity index (χ4n) is 15.2. The molecule has 0 saturated heterocycles. The van der Waals surface area contributed by atoms with Gasteiger partial charge in [0.05, 0.1) is 48.4 Å². The summed E-state index contributed by atoms with van der Waals surface area (Å²) in [6.45, 7) is 13.2. The number of ether oxygens (including phenoxy) is 3. The van der Waals surface area contributed by atoms with Crippen molar-refractivity contribution in [3.05, 3.63) is 108 Å². The van der Waals surface area contributed by atoms with Crippen molar-refractivity contribution in [2.75, 3.05) is 75.2 Å². The van der Waals surface area contributed by atoms with Crippen LogP contribution in [0.3, 0.4) is 0 Å². The number of aromatic nitrogens is 6. The van der Waals surface area contributed by atoms with Gasteiger partial charge in [0.15, 0.2) is 22.5 Å². The van der Waals surface area contributed by atoms with Crippen LogP contribution in [0.15, 0.2) is 85.1 Å². The van der Waals surface area contributed by atoms with E-state index in [1.165, 1.54) is 23.5 Å². The number of amides is 8. The summed E-state index contributed by atoms with van der Waals surface area (Å²) in [6.07, 6.45) is 9.53. The number of aromatic carboxylic acids is 1. The number of carbonyl (C=O) groups excluding carboxylic acids is 7. The van der Waals surface area contributed by atoms with Gasteiger partial charge < -0.3 is 66.5 Å². The van der Waals surface area contributed by atoms with E-state index in [1.54, 1.807) is 73.3 Å². The van der Waals surface area contributed by atoms with Crippen molar-refractivity contribution in [2.24, 2.45) is 27.9 Å². The molecule has 5 heterocycles. The van der Waals surface area contributed by atoms with Crippen molar-refractivity contribution in [2.45, 2.75) is 137 Å². The molecule has 4 saturated carbocycles. The largest absolute Gasteiger partial charge is 0.476 e. The normalized spacial score (nSPS) is 20.5. The number of anilines is 5. The minimum Gasteiger partial charge on any atom is -0.476 e. The van der Waals surface area contributed by atoms with Crippen LogP contribution < -0.4 is 37.2 Å². The van der Waals surface area contributed by atoms with Crippen LogP contribution in [0.1, 0.15) is 119 Å². The molecule has 4 bridgehead atoms. The quantitative estimate of drug-likeness (QED) is 0.0145. The molecule has 5 aliphatic rings. The van der Waals surface area contributed by atoms with Gasteiger partial charge in [-0.15, -0.1) is 10.2 Å². The van der Waals surface area contributed by atoms with Gasteiger partial charge in [-0.2, -0.15) is 5.10 Å². The Labute approximate surface area is 571 Å². The fourth-order valence-corrected chi connectivity index (χ4v) is 16.1. The van der Waals surface area contributed by atoms with E-state index in [-0.39, 0.29) is 100 Å². The number of carbonyl (C=O) groups is 8. The van der Waals surface area contributed by atoms with Gasteiger partial charge in [0, 0.05) is 80.9 Å². The van der Waals surface area contributed by atoms with Gasteiger partial charge in [0.25, 0.3) is 11.8 Å². The van der Waals surface area contributed by atoms with E-state index in [0.29, 0.717) is 57.9 Å². The molecular formula is C69H87N15O13S. The van der Waals surface area contributed by atoms with E-state index in [4.69, 9.17) is 25.0 Å². The second-order valence-corrected chi connectivity index (χ2v) is 28.4. The third-order valence-corrected chi connectivity index (χ3v) is 19.6. The molecule has 28 nitrogen and oxygen atoms in total. The number of aliphatic hydroxyl groups is 1. The van der Waals surface area contributed by atoms with Gasteiger partial charge in [-0.25, -0.2) is 24.4 Å². The highest BCUT2D eigenvalue weighted by molar-refractivity contribution is 7.22. The molecule has 2 aromatic carbocycles. The summed E-state index contributed by atoms with van der Waals surface area (Å²) in [4.78, 5) is 116. The highest BCUT2D eigenvalue weighted by Crippen LogP contribution is 2.72. The molecule has 11 rings (SSSR count). The van der Waals surface area contributed by atoms with Crippen molar-refractivity contribution in [3.8, 4) is 11.1 Å². The van der Waals surface area contributed by atoms with Gasteiger partial charge in [-0.1, -0.05) is 63.3 Å². The Bertz CT molecular complexity index is 3920. The monoisotopic (exact) mass is 1370 g/mol. The zero-order chi connectivity index (χ0) is 70.1. The Hall–Kier alpha value is -9.45. The molecule has 4 aromatic heterocycles. The number of hydrogen-bond donors (Lipinski definition) is 8. The third-order valence-electron chi connectivity index (χ3n) is 18.7. The smallest absolute Gasteiger partial charge is 0.410 e. The minimum absolute atomic E-state index is 0.0186. The Morgan fingerprint density at radius 1 is 0.816 bits per heavy atom. The van der Waals surface area contributed by atoms with Crippen LogP contribution in [0.25, 0.3) is 21.3 Å². The van der Waals surface area contributed by atoms with E-state index in [9.17, 15) is 48.6 Å². The third kappa shape index (κ3) is 17.3. The van der Waals surface area contributed by atoms with Crippen molar-refractivity contribution in [3.63, 3.8) is 0 Å². The van der Waals surface area contributed by atoms with Crippen LogP contribution in [0.5, 0.6) is 0 Å². The molecular weight excluding hydrogens is 1280 g/mol. The molecule has 6 atom stereocenters. The zero-order valence-corrected chi connectivity index (χ0v) is 57.2. The molecule has 4 fully saturated rings. The van der Waals surface area contributed by atoms with Gasteiger partial charge >= 0.3 is 18.1 Å². The zero-order valence-electron chi connectivity index (χ0n) is 56.4. The molecule has 1 aliphatic heterocycles. The first-order valence-corrected chi connectivity index (χ1v) is 33.8. The maximum absolute atomic E-state index is 13.9. The number of aliphatic hydroxyl groups excluding tert-OH is 1. The van der Waals surface area contributed by atoms with E-state index in [1.807, 2.05) is 48.9 Å². The molecule has 8 amide bonds. The molecule has 0 spiro atoms. The number of pyridine rings is 1. The molecule has 522 valence electrons. The van der Waals surface area contributed by atoms with Crippen LogP contribution >= 0.6 is 11.3 Å². The lowest BCUT2D eigenvalue weighted by atomic mass is 9.39. The van der Waals surface area contributed by atoms with Crippen molar-refractivity contribution < 1.29 is 62.8 Å². The number of carboxylic acids is 1. The minimum atomic E-state index is -1.18. The number of nitrogens with zero attached hydrogens (tertiary/aromatic N) is 9. The molecule has 9 N–H and O–H groups in total. The number of nitrogens with two attached hydrogens (primary N) is 1. The number of primary amides is 1. The van der Waals surface area contributed by atoms with Crippen LogP contribution in [0.4, 0.5) is 37.9 Å². The van der Waals surface area contributed by atoms with Crippen molar-refractivity contribution >= 4 is 97.5 Å². The standard InChI is InChI=1S/C69H87N15O13S/c1-42(2)57(77-54(86)23-29-95-30-27-83-55(87)21-22-56(83)88)61(90)74-50(13-10-24-71-63(70)93)60(89)73-46-17-15-45(16-18-46)34-96-65(94)82(25-11-28-85)26-31-97-69-38-66(5)35-67(6,39-69)37-68(36-66,40-69)41-84-44(4)48(33-72-84)47-19-20-52(76-58(47)62(91)92)81(7)53-32-43(3)59(80-79-53)78-64-75-49-12-8-9-14-51(49)98-64/h8-9,12,14-22,32-33,42,50,57,85H,10-11,13,23-31,34-41H2,1-7H3,(H,73,89)(H,74,90)(H,77,86)(H,91,92)(H3,70,71,93)(H,75,78,80)/t50-,57-,66-,67+,68?,69?/m0/s1. The number of imide groups is 1. The summed E-state index contributed by atoms with van der Waals surface area (Å²) in [6, 6.07) is 17.0. The van der Waals surface area contributed by atoms with E-state index < -0.39 is 71.2 Å². The van der Waals surface area contributed by atoms with Gasteiger partial charge in [-0.3, -0.25) is 33.6 Å². The average molecular weight is 1370 g/mol. The number of nitrogens with one attached hydrogen (secondary N) is 5. The molecule has 98 heavy (non-hydrogen) atoms. The first-order chi connectivity index (χ1) is 46.7. The molecule has 6 aromatic rings. The summed E-state index contributed by atoms with van der Waals surface area (Å²) in [5.74, 6) is -2.74. The first kappa shape index (κ1) is 71.3. The number of para-hydroxylation sites is 1. The van der Waals surface area contributed by atoms with Crippen LogP contribution in [-0.4, -0.2) is 175 Å². The highest BCUT2D eigenvalue weighted by Gasteiger charge is 2.66. The maximum atomic E-state index is 13.9. The molecule has 4 aliphatic carbocycles. The Morgan fingerprint density at radius 2 is 1.55 bits per heavy atom. The molecule has 2 unspecified atom stereocenters. The Balaban J connectivity index is 0.728. The van der Waals surface area contributed by atoms with Crippen molar-refractivity contribution in [1.82, 2.24) is 55.7 Å². The van der Waals surface area contributed by atoms with Gasteiger partial charge in [0.2, 0.25) is 17.7 Å². The lowest BCUT2D eigenvalue weighted by molar-refractivity contribution is -0.248. The fraction of sp³-hybridized carbons (Fsp3) is 0.493. The number of aryl methyl sites for hydroxylation is 1. The summed E-state index contributed by atoms with van der Waals surface area (Å²) in [7, 11) is 1.77. The Morgan fingerprint density at radius 3 is 2.23 bits per heavy atom. The Kier molecular flexibility index (Phi) is 22.2. The maximum Gasteiger partial charge on any atom is 0.410 e. The summed E-state index contributed by atoms with van der Waals surface area (Å²) in [5.41, 5.74) is 9.03. The van der Waals surface area contributed by atoms with Crippen molar-refractivity contribution in [1.29, 1.82) is 0 Å². The molecule has 0 radical (unpaired) electrons. The van der Waals surface area contributed by atoms with Crippen LogP contribution in [-0.2, 0) is 51.3 Å². The highest BCUT2D eigenvalue weighted by atomic mass is 32.1. The summed E-state index contributed by atoms with van der Waals surface area (Å²) >= 11 is 1.52. The SMILES string of the molecule is Cc1cc(N(C)c2ccc(-c3cnn(CC45CC6(OCCN(CCCO)C(=O)OCc7ccc(NC(=O)[C@H](CCCNC(N)=O)NC(=O)[C@@H](NC(=O)CCOCCN8C(=O)C=CC8=O)C(C)C)cc7)C[C@](C)(C4)C[C@](C)(C5)C6)c3C)c(C(=O)O)n2)nnc1Nc1nc2ccccc2s1. The van der Waals surface area contributed by atoms with Crippen LogP contribution in [0, 0.1) is 36.0 Å². The summed E-state index contributed by atoms with van der Waals surface area (Å²) < 4.78 is 21.4. The number of fused-ring (bicyclic) bond motifs is 1.